The summed E-state index contributed by atoms with van der Waals surface area (Å²) in [7, 11) is 0. The van der Waals surface area contributed by atoms with Crippen LogP contribution in [0.25, 0.3) is 11.0 Å². The van der Waals surface area contributed by atoms with Crippen LogP contribution in [0.3, 0.4) is 0 Å². The summed E-state index contributed by atoms with van der Waals surface area (Å²) < 4.78 is 32.0. The smallest absolute Gasteiger partial charge is 0.248 e. The molecular weight excluding hydrogens is 262 g/mol. The molecule has 0 bridgehead atoms. The molecule has 0 radical (unpaired) electrons. The molecule has 3 rings (SSSR count). The molecule has 1 aromatic carbocycles. The zero-order valence-electron chi connectivity index (χ0n) is 11.4. The van der Waals surface area contributed by atoms with Crippen LogP contribution in [0.5, 0.6) is 0 Å². The molecule has 0 spiro atoms. The zero-order chi connectivity index (χ0) is 14.3. The van der Waals surface area contributed by atoms with Crippen LogP contribution in [-0.4, -0.2) is 11.0 Å². The monoisotopic (exact) mass is 280 g/mol. The predicted molar refractivity (Wildman–Crippen MR) is 72.8 cm³/mol. The van der Waals surface area contributed by atoms with Gasteiger partial charge in [-0.2, -0.15) is 0 Å². The second kappa shape index (κ2) is 4.85. The van der Waals surface area contributed by atoms with Crippen molar-refractivity contribution in [2.24, 2.45) is 5.92 Å². The summed E-state index contributed by atoms with van der Waals surface area (Å²) in [6.45, 7) is 1.95. The normalized spacial score (nSPS) is 21.2. The van der Waals surface area contributed by atoms with Crippen LogP contribution in [0.4, 0.5) is 8.78 Å². The molecular formula is C16H18F2O2. The number of aryl methyl sites for hydroxylation is 1. The van der Waals surface area contributed by atoms with E-state index in [1.54, 1.807) is 0 Å². The summed E-state index contributed by atoms with van der Waals surface area (Å²) in [4.78, 5) is 0. The Morgan fingerprint density at radius 1 is 1.30 bits per heavy atom. The van der Waals surface area contributed by atoms with E-state index in [0.29, 0.717) is 18.6 Å². The van der Waals surface area contributed by atoms with E-state index in [4.69, 9.17) is 4.42 Å². The van der Waals surface area contributed by atoms with E-state index >= 15 is 0 Å². The third-order valence-corrected chi connectivity index (χ3v) is 4.26. The summed E-state index contributed by atoms with van der Waals surface area (Å²) in [5.74, 6) is -2.22. The number of benzene rings is 1. The highest BCUT2D eigenvalue weighted by molar-refractivity contribution is 5.80. The highest BCUT2D eigenvalue weighted by Crippen LogP contribution is 2.42. The van der Waals surface area contributed by atoms with Gasteiger partial charge in [0.2, 0.25) is 5.92 Å². The quantitative estimate of drug-likeness (QED) is 0.872. The van der Waals surface area contributed by atoms with Gasteiger partial charge in [0.25, 0.3) is 0 Å². The number of furan rings is 1. The van der Waals surface area contributed by atoms with Crippen molar-refractivity contribution in [3.8, 4) is 0 Å². The Morgan fingerprint density at radius 2 is 2.00 bits per heavy atom. The van der Waals surface area contributed by atoms with Crippen molar-refractivity contribution in [1.29, 1.82) is 0 Å². The zero-order valence-corrected chi connectivity index (χ0v) is 11.4. The Hall–Kier alpha value is -1.42. The number of fused-ring (bicyclic) bond motifs is 1. The molecule has 2 aromatic rings. The summed E-state index contributed by atoms with van der Waals surface area (Å²) in [5, 5.41) is 11.3. The van der Waals surface area contributed by atoms with Gasteiger partial charge >= 0.3 is 0 Å². The third-order valence-electron chi connectivity index (χ3n) is 4.26. The number of para-hydroxylation sites is 1. The molecule has 0 saturated heterocycles. The van der Waals surface area contributed by atoms with Crippen LogP contribution in [0.15, 0.2) is 28.7 Å². The number of halogens is 2. The highest BCUT2D eigenvalue weighted by Gasteiger charge is 2.38. The maximum Gasteiger partial charge on any atom is 0.248 e. The summed E-state index contributed by atoms with van der Waals surface area (Å²) in [6.07, 6.45) is -0.408. The SMILES string of the molecule is Cc1cccc2cc(C(O)C3CCC(F)(F)CC3)oc12. The van der Waals surface area contributed by atoms with E-state index in [-0.39, 0.29) is 18.8 Å². The lowest BCUT2D eigenvalue weighted by Crippen LogP contribution is -2.27. The highest BCUT2D eigenvalue weighted by atomic mass is 19.3. The number of aliphatic hydroxyl groups excluding tert-OH is 1. The molecule has 1 aliphatic rings. The van der Waals surface area contributed by atoms with Gasteiger partial charge in [0.1, 0.15) is 17.4 Å². The first-order valence-corrected chi connectivity index (χ1v) is 7.01. The van der Waals surface area contributed by atoms with Crippen molar-refractivity contribution >= 4 is 11.0 Å². The lowest BCUT2D eigenvalue weighted by Gasteiger charge is -2.30. The average molecular weight is 280 g/mol. The first-order valence-electron chi connectivity index (χ1n) is 7.01. The number of hydrogen-bond acceptors (Lipinski definition) is 2. The van der Waals surface area contributed by atoms with Crippen molar-refractivity contribution in [1.82, 2.24) is 0 Å². The van der Waals surface area contributed by atoms with Gasteiger partial charge in [0.15, 0.2) is 0 Å². The van der Waals surface area contributed by atoms with E-state index in [1.807, 2.05) is 31.2 Å². The maximum absolute atomic E-state index is 13.2. The molecule has 1 heterocycles. The molecule has 1 aliphatic carbocycles. The Balaban J connectivity index is 1.82. The number of aliphatic hydroxyl groups is 1. The summed E-state index contributed by atoms with van der Waals surface area (Å²) in [6, 6.07) is 7.63. The molecule has 108 valence electrons. The minimum absolute atomic E-state index is 0.143. The van der Waals surface area contributed by atoms with Crippen molar-refractivity contribution in [2.45, 2.75) is 44.6 Å². The van der Waals surface area contributed by atoms with Gasteiger partial charge in [-0.3, -0.25) is 0 Å². The van der Waals surface area contributed by atoms with Crippen LogP contribution in [0, 0.1) is 12.8 Å². The fraction of sp³-hybridized carbons (Fsp3) is 0.500. The van der Waals surface area contributed by atoms with Crippen LogP contribution in [0.1, 0.15) is 43.1 Å². The maximum atomic E-state index is 13.2. The molecule has 20 heavy (non-hydrogen) atoms. The summed E-state index contributed by atoms with van der Waals surface area (Å²) >= 11 is 0. The molecule has 2 nitrogen and oxygen atoms in total. The molecule has 1 aromatic heterocycles. The Bertz CT molecular complexity index is 608. The second-order valence-corrected chi connectivity index (χ2v) is 5.78. The lowest BCUT2D eigenvalue weighted by molar-refractivity contribution is -0.0650. The van der Waals surface area contributed by atoms with Crippen molar-refractivity contribution in [3.63, 3.8) is 0 Å². The molecule has 4 heteroatoms. The van der Waals surface area contributed by atoms with E-state index in [2.05, 4.69) is 0 Å². The number of alkyl halides is 2. The van der Waals surface area contributed by atoms with Gasteiger partial charge in [0, 0.05) is 18.2 Å². The molecule has 0 aliphatic heterocycles. The Labute approximate surface area is 116 Å². The molecule has 1 unspecified atom stereocenters. The van der Waals surface area contributed by atoms with E-state index in [1.165, 1.54) is 0 Å². The van der Waals surface area contributed by atoms with Crippen molar-refractivity contribution in [2.75, 3.05) is 0 Å². The van der Waals surface area contributed by atoms with Crippen LogP contribution < -0.4 is 0 Å². The predicted octanol–water partition coefficient (Wildman–Crippen LogP) is 4.60. The molecule has 0 amide bonds. The van der Waals surface area contributed by atoms with Crippen LogP contribution in [-0.2, 0) is 0 Å². The van der Waals surface area contributed by atoms with Crippen molar-refractivity contribution in [3.05, 3.63) is 35.6 Å². The van der Waals surface area contributed by atoms with Crippen LogP contribution in [0.2, 0.25) is 0 Å². The molecule has 1 atom stereocenters. The largest absolute Gasteiger partial charge is 0.458 e. The van der Waals surface area contributed by atoms with Gasteiger partial charge < -0.3 is 9.52 Å². The first kappa shape index (κ1) is 13.6. The summed E-state index contributed by atoms with van der Waals surface area (Å²) in [5.41, 5.74) is 1.78. The minimum atomic E-state index is -2.57. The first-order chi connectivity index (χ1) is 9.46. The number of hydrogen-bond donors (Lipinski definition) is 1. The van der Waals surface area contributed by atoms with Crippen LogP contribution >= 0.6 is 0 Å². The second-order valence-electron chi connectivity index (χ2n) is 5.78. The third kappa shape index (κ3) is 2.44. The van der Waals surface area contributed by atoms with Gasteiger partial charge in [-0.25, -0.2) is 8.78 Å². The minimum Gasteiger partial charge on any atom is -0.458 e. The van der Waals surface area contributed by atoms with E-state index < -0.39 is 12.0 Å². The van der Waals surface area contributed by atoms with Gasteiger partial charge in [0.05, 0.1) is 0 Å². The fourth-order valence-corrected chi connectivity index (χ4v) is 2.99. The van der Waals surface area contributed by atoms with E-state index in [0.717, 1.165) is 16.5 Å². The standard InChI is InChI=1S/C16H18F2O2/c1-10-3-2-4-12-9-13(20-15(10)12)14(19)11-5-7-16(17,18)8-6-11/h2-4,9,11,14,19H,5-8H2,1H3. The molecule has 1 saturated carbocycles. The number of rotatable bonds is 2. The Morgan fingerprint density at radius 3 is 2.65 bits per heavy atom. The Kier molecular flexibility index (Phi) is 3.28. The van der Waals surface area contributed by atoms with Gasteiger partial charge in [-0.15, -0.1) is 0 Å². The molecule has 1 fully saturated rings. The van der Waals surface area contributed by atoms with E-state index in [9.17, 15) is 13.9 Å². The van der Waals surface area contributed by atoms with Gasteiger partial charge in [-0.05, 0) is 37.3 Å². The fourth-order valence-electron chi connectivity index (χ4n) is 2.99. The molecule has 1 N–H and O–H groups in total. The average Bonchev–Trinajstić information content (AvgIpc) is 2.83. The topological polar surface area (TPSA) is 33.4 Å². The lowest BCUT2D eigenvalue weighted by atomic mass is 9.82. The van der Waals surface area contributed by atoms with Gasteiger partial charge in [-0.1, -0.05) is 18.2 Å². The van der Waals surface area contributed by atoms with Crippen molar-refractivity contribution < 1.29 is 18.3 Å².